The van der Waals surface area contributed by atoms with E-state index in [2.05, 4.69) is 10.3 Å². The first-order valence-electron chi connectivity index (χ1n) is 5.71. The van der Waals surface area contributed by atoms with Gasteiger partial charge in [0.15, 0.2) is 0 Å². The lowest BCUT2D eigenvalue weighted by atomic mass is 9.85. The molecule has 0 spiro atoms. The summed E-state index contributed by atoms with van der Waals surface area (Å²) >= 11 is 1.30. The van der Waals surface area contributed by atoms with E-state index in [-0.39, 0.29) is 18.2 Å². The zero-order valence-electron chi connectivity index (χ0n) is 11.0. The van der Waals surface area contributed by atoms with E-state index in [1.807, 2.05) is 20.8 Å². The molecular weight excluding hydrogens is 252 g/mol. The number of aromatic nitrogens is 1. The number of amides is 1. The van der Waals surface area contributed by atoms with Crippen LogP contribution in [-0.2, 0) is 4.79 Å². The van der Waals surface area contributed by atoms with Crippen molar-refractivity contribution in [2.75, 3.05) is 0 Å². The van der Waals surface area contributed by atoms with E-state index in [0.29, 0.717) is 4.88 Å². The number of carbonyl (C=O) groups is 2. The standard InChI is InChI=1S/C12H18N2O3S/c1-7(2)12(4,5-10(15)16)14-11(17)9-6-13-8(3)18-9/h6-7H,5H2,1-4H3,(H,14,17)(H,15,16). The van der Waals surface area contributed by atoms with Crippen molar-refractivity contribution in [1.29, 1.82) is 0 Å². The molecule has 18 heavy (non-hydrogen) atoms. The van der Waals surface area contributed by atoms with Crippen LogP contribution in [0.4, 0.5) is 0 Å². The fourth-order valence-corrected chi connectivity index (χ4v) is 2.17. The molecule has 0 fully saturated rings. The van der Waals surface area contributed by atoms with Crippen LogP contribution in [0.5, 0.6) is 0 Å². The molecule has 0 radical (unpaired) electrons. The summed E-state index contributed by atoms with van der Waals surface area (Å²) in [6.45, 7) is 7.35. The average molecular weight is 270 g/mol. The zero-order valence-corrected chi connectivity index (χ0v) is 11.8. The maximum atomic E-state index is 12.0. The summed E-state index contributed by atoms with van der Waals surface area (Å²) in [7, 11) is 0. The summed E-state index contributed by atoms with van der Waals surface area (Å²) in [5, 5.41) is 12.5. The third kappa shape index (κ3) is 3.53. The van der Waals surface area contributed by atoms with Crippen LogP contribution >= 0.6 is 11.3 Å². The molecule has 0 saturated heterocycles. The van der Waals surface area contributed by atoms with Gasteiger partial charge in [-0.1, -0.05) is 13.8 Å². The van der Waals surface area contributed by atoms with Crippen LogP contribution in [0.15, 0.2) is 6.20 Å². The minimum atomic E-state index is -0.924. The molecule has 6 heteroatoms. The van der Waals surface area contributed by atoms with E-state index in [1.165, 1.54) is 17.5 Å². The topological polar surface area (TPSA) is 79.3 Å². The highest BCUT2D eigenvalue weighted by molar-refractivity contribution is 7.13. The van der Waals surface area contributed by atoms with Crippen LogP contribution in [0.1, 0.15) is 41.9 Å². The van der Waals surface area contributed by atoms with Gasteiger partial charge in [0.1, 0.15) is 4.88 Å². The molecule has 0 aliphatic rings. The molecule has 1 rings (SSSR count). The Morgan fingerprint density at radius 3 is 2.56 bits per heavy atom. The highest BCUT2D eigenvalue weighted by Gasteiger charge is 2.33. The lowest BCUT2D eigenvalue weighted by molar-refractivity contribution is -0.138. The number of rotatable bonds is 5. The molecule has 1 aromatic heterocycles. The molecule has 0 aromatic carbocycles. The third-order valence-corrected chi connectivity index (χ3v) is 3.95. The highest BCUT2D eigenvalue weighted by atomic mass is 32.1. The molecule has 0 bridgehead atoms. The lowest BCUT2D eigenvalue weighted by Gasteiger charge is -2.33. The van der Waals surface area contributed by atoms with Gasteiger partial charge in [-0.3, -0.25) is 9.59 Å². The van der Waals surface area contributed by atoms with Crippen molar-refractivity contribution in [3.05, 3.63) is 16.1 Å². The molecule has 0 saturated carbocycles. The molecule has 5 nitrogen and oxygen atoms in total. The largest absolute Gasteiger partial charge is 0.481 e. The molecule has 1 amide bonds. The number of carboxylic acid groups (broad SMARTS) is 1. The number of nitrogens with zero attached hydrogens (tertiary/aromatic N) is 1. The van der Waals surface area contributed by atoms with Gasteiger partial charge >= 0.3 is 5.97 Å². The molecule has 1 unspecified atom stereocenters. The van der Waals surface area contributed by atoms with E-state index in [0.717, 1.165) is 5.01 Å². The Kier molecular flexibility index (Phi) is 4.45. The first-order valence-corrected chi connectivity index (χ1v) is 6.53. The second-order valence-electron chi connectivity index (χ2n) is 4.84. The van der Waals surface area contributed by atoms with E-state index in [1.54, 1.807) is 6.92 Å². The minimum absolute atomic E-state index is 0.0200. The van der Waals surface area contributed by atoms with Crippen LogP contribution in [0.3, 0.4) is 0 Å². The van der Waals surface area contributed by atoms with Gasteiger partial charge in [-0.05, 0) is 19.8 Å². The van der Waals surface area contributed by atoms with Gasteiger partial charge in [0.25, 0.3) is 5.91 Å². The van der Waals surface area contributed by atoms with Crippen LogP contribution in [0, 0.1) is 12.8 Å². The Bertz CT molecular complexity index is 456. The summed E-state index contributed by atoms with van der Waals surface area (Å²) in [6.07, 6.45) is 1.41. The number of aliphatic carboxylic acids is 1. The van der Waals surface area contributed by atoms with Crippen LogP contribution < -0.4 is 5.32 Å². The molecular formula is C12H18N2O3S. The molecule has 100 valence electrons. The number of carboxylic acids is 1. The SMILES string of the molecule is Cc1ncc(C(=O)NC(C)(CC(=O)O)C(C)C)s1. The maximum absolute atomic E-state index is 12.0. The van der Waals surface area contributed by atoms with Crippen LogP contribution in [0.2, 0.25) is 0 Å². The monoisotopic (exact) mass is 270 g/mol. The molecule has 2 N–H and O–H groups in total. The van der Waals surface area contributed by atoms with Crippen molar-refractivity contribution >= 4 is 23.2 Å². The molecule has 1 heterocycles. The van der Waals surface area contributed by atoms with Gasteiger partial charge in [0.05, 0.1) is 23.2 Å². The Morgan fingerprint density at radius 2 is 2.17 bits per heavy atom. The number of hydrogen-bond donors (Lipinski definition) is 2. The smallest absolute Gasteiger partial charge is 0.305 e. The molecule has 1 aromatic rings. The Labute approximate surface area is 110 Å². The van der Waals surface area contributed by atoms with Gasteiger partial charge in [0.2, 0.25) is 0 Å². The van der Waals surface area contributed by atoms with Gasteiger partial charge < -0.3 is 10.4 Å². The second kappa shape index (κ2) is 5.48. The van der Waals surface area contributed by atoms with Crippen molar-refractivity contribution in [2.45, 2.75) is 39.7 Å². The van der Waals surface area contributed by atoms with Crippen molar-refractivity contribution in [2.24, 2.45) is 5.92 Å². The number of aryl methyl sites for hydroxylation is 1. The molecule has 1 atom stereocenters. The van der Waals surface area contributed by atoms with Gasteiger partial charge in [-0.2, -0.15) is 0 Å². The van der Waals surface area contributed by atoms with Gasteiger partial charge in [-0.25, -0.2) is 4.98 Å². The first kappa shape index (κ1) is 14.6. The van der Waals surface area contributed by atoms with Crippen LogP contribution in [-0.4, -0.2) is 27.5 Å². The van der Waals surface area contributed by atoms with E-state index >= 15 is 0 Å². The zero-order chi connectivity index (χ0) is 13.9. The Hall–Kier alpha value is -1.43. The van der Waals surface area contributed by atoms with E-state index < -0.39 is 11.5 Å². The quantitative estimate of drug-likeness (QED) is 0.858. The predicted molar refractivity (Wildman–Crippen MR) is 69.8 cm³/mol. The highest BCUT2D eigenvalue weighted by Crippen LogP contribution is 2.22. The fraction of sp³-hybridized carbons (Fsp3) is 0.583. The lowest BCUT2D eigenvalue weighted by Crippen LogP contribution is -2.51. The summed E-state index contributed by atoms with van der Waals surface area (Å²) in [5.41, 5.74) is -0.763. The summed E-state index contributed by atoms with van der Waals surface area (Å²) < 4.78 is 0. The Balaban J connectivity index is 2.84. The Morgan fingerprint density at radius 1 is 1.56 bits per heavy atom. The minimum Gasteiger partial charge on any atom is -0.481 e. The predicted octanol–water partition coefficient (Wildman–Crippen LogP) is 2.07. The maximum Gasteiger partial charge on any atom is 0.305 e. The number of carbonyl (C=O) groups excluding carboxylic acids is 1. The normalized spacial score (nSPS) is 14.3. The number of nitrogens with one attached hydrogen (secondary N) is 1. The summed E-state index contributed by atoms with van der Waals surface area (Å²) in [4.78, 5) is 27.4. The first-order chi connectivity index (χ1) is 8.24. The van der Waals surface area contributed by atoms with E-state index in [4.69, 9.17) is 5.11 Å². The van der Waals surface area contributed by atoms with Gasteiger partial charge in [0, 0.05) is 0 Å². The number of thiazole rings is 1. The molecule has 0 aliphatic carbocycles. The third-order valence-electron chi connectivity index (χ3n) is 3.04. The van der Waals surface area contributed by atoms with Crippen LogP contribution in [0.25, 0.3) is 0 Å². The fourth-order valence-electron chi connectivity index (χ4n) is 1.49. The number of hydrogen-bond acceptors (Lipinski definition) is 4. The average Bonchev–Trinajstić information content (AvgIpc) is 2.63. The van der Waals surface area contributed by atoms with Crippen molar-refractivity contribution in [3.8, 4) is 0 Å². The summed E-state index contributed by atoms with van der Waals surface area (Å²) in [6, 6.07) is 0. The van der Waals surface area contributed by atoms with E-state index in [9.17, 15) is 9.59 Å². The second-order valence-corrected chi connectivity index (χ2v) is 6.08. The van der Waals surface area contributed by atoms with Crippen molar-refractivity contribution < 1.29 is 14.7 Å². The summed E-state index contributed by atoms with van der Waals surface area (Å²) in [5.74, 6) is -1.17. The van der Waals surface area contributed by atoms with Crippen molar-refractivity contribution in [3.63, 3.8) is 0 Å². The molecule has 0 aliphatic heterocycles. The van der Waals surface area contributed by atoms with Crippen molar-refractivity contribution in [1.82, 2.24) is 10.3 Å². The van der Waals surface area contributed by atoms with Gasteiger partial charge in [-0.15, -0.1) is 11.3 Å².